The number of hydrogen-bond donors (Lipinski definition) is 13. The molecule has 346 valence electrons. The average molecular weight is 1550 g/mol. The van der Waals surface area contributed by atoms with E-state index in [1.54, 1.807) is 136 Å². The van der Waals surface area contributed by atoms with Crippen LogP contribution in [-0.4, -0.2) is 178 Å². The van der Waals surface area contributed by atoms with Crippen molar-refractivity contribution in [2.75, 3.05) is 75.5 Å². The monoisotopic (exact) mass is 1550 g/mol. The fourth-order valence-corrected chi connectivity index (χ4v) is 14.7. The Kier molecular flexibility index (Phi) is 25.2. The first-order valence-corrected chi connectivity index (χ1v) is 24.4. The normalized spacial score (nSPS) is 13.2. The van der Waals surface area contributed by atoms with Crippen molar-refractivity contribution < 1.29 is 74.7 Å². The molecule has 6 amide bonds. The zero-order chi connectivity index (χ0) is 47.3. The summed E-state index contributed by atoms with van der Waals surface area (Å²) in [7, 11) is 0. The molecule has 2 rings (SSSR count). The Morgan fingerprint density at radius 3 is 0.806 bits per heavy atom. The minimum atomic E-state index is -1.62. The summed E-state index contributed by atoms with van der Waals surface area (Å²) >= 11 is 10.6. The van der Waals surface area contributed by atoms with Gasteiger partial charge in [-0.15, -0.1) is 0 Å². The first kappa shape index (κ1) is 57.4. The van der Waals surface area contributed by atoms with E-state index >= 15 is 0 Å². The van der Waals surface area contributed by atoms with Crippen molar-refractivity contribution in [2.45, 2.75) is 44.4 Å². The highest BCUT2D eigenvalue weighted by atomic mass is 127. The van der Waals surface area contributed by atoms with Crippen LogP contribution in [-0.2, 0) is 9.59 Å². The number of halogens is 6. The molecule has 0 aliphatic rings. The number of amides is 6. The van der Waals surface area contributed by atoms with Crippen LogP contribution in [0.3, 0.4) is 0 Å². The van der Waals surface area contributed by atoms with Crippen LogP contribution in [0.5, 0.6) is 0 Å². The van der Waals surface area contributed by atoms with Crippen molar-refractivity contribution >= 4 is 182 Å². The zero-order valence-electron chi connectivity index (χ0n) is 32.6. The second-order valence-electron chi connectivity index (χ2n) is 13.2. The largest absolute Gasteiger partial charge is 0.394 e. The van der Waals surface area contributed by atoms with Crippen LogP contribution in [0.2, 0.25) is 0 Å². The summed E-state index contributed by atoms with van der Waals surface area (Å²) in [6.45, 7) is -3.09. The van der Waals surface area contributed by atoms with Gasteiger partial charge in [0.1, 0.15) is 0 Å². The summed E-state index contributed by atoms with van der Waals surface area (Å²) in [6.07, 6.45) is -6.95. The molecular formula is C35H44I6N6O15. The molecule has 0 aliphatic carbocycles. The van der Waals surface area contributed by atoms with Crippen LogP contribution in [0.15, 0.2) is 0 Å². The number of anilines is 2. The molecule has 0 aromatic heterocycles. The Morgan fingerprint density at radius 2 is 0.629 bits per heavy atom. The van der Waals surface area contributed by atoms with E-state index in [9.17, 15) is 74.7 Å². The lowest BCUT2D eigenvalue weighted by Crippen LogP contribution is -2.45. The van der Waals surface area contributed by atoms with Crippen molar-refractivity contribution in [3.05, 3.63) is 43.7 Å². The van der Waals surface area contributed by atoms with Gasteiger partial charge in [-0.1, -0.05) is 0 Å². The molecule has 0 saturated carbocycles. The fraction of sp³-hybridized carbons (Fsp3) is 0.486. The third-order valence-electron chi connectivity index (χ3n) is 8.42. The van der Waals surface area contributed by atoms with Crippen LogP contribution >= 0.6 is 136 Å². The summed E-state index contributed by atoms with van der Waals surface area (Å²) in [5, 5.41) is 98.5. The topological polar surface area (TPSA) is 339 Å². The van der Waals surface area contributed by atoms with Gasteiger partial charge >= 0.3 is 0 Å². The lowest BCUT2D eigenvalue weighted by atomic mass is 10.1. The molecule has 0 aliphatic heterocycles. The molecule has 4 atom stereocenters. The predicted octanol–water partition coefficient (Wildman–Crippen LogP) is -1.59. The van der Waals surface area contributed by atoms with Gasteiger partial charge in [-0.2, -0.15) is 0 Å². The quantitative estimate of drug-likeness (QED) is 0.0592. The Morgan fingerprint density at radius 1 is 0.419 bits per heavy atom. The van der Waals surface area contributed by atoms with Crippen LogP contribution in [0, 0.1) is 21.4 Å². The minimum absolute atomic E-state index is 0.0141. The molecule has 13 N–H and O–H groups in total. The molecule has 0 spiro atoms. The van der Waals surface area contributed by atoms with E-state index < -0.39 is 105 Å². The van der Waals surface area contributed by atoms with Crippen LogP contribution < -0.4 is 31.1 Å². The molecule has 0 fully saturated rings. The number of aliphatic hydroxyl groups excluding tert-OH is 9. The van der Waals surface area contributed by atoms with Crippen molar-refractivity contribution in [3.8, 4) is 0 Å². The smallest absolute Gasteiger partial charge is 0.253 e. The Bertz CT molecular complexity index is 1760. The number of nitrogens with one attached hydrogen (secondary N) is 4. The lowest BCUT2D eigenvalue weighted by molar-refractivity contribution is -0.117. The third-order valence-corrected chi connectivity index (χ3v) is 14.8. The van der Waals surface area contributed by atoms with Crippen molar-refractivity contribution in [1.29, 1.82) is 0 Å². The summed E-state index contributed by atoms with van der Waals surface area (Å²) in [5.74, 6) is -4.60. The number of nitrogens with zero attached hydrogens (tertiary/aromatic N) is 2. The van der Waals surface area contributed by atoms with Gasteiger partial charge in [0.25, 0.3) is 23.6 Å². The maximum atomic E-state index is 13.6. The van der Waals surface area contributed by atoms with Gasteiger partial charge in [0, 0.05) is 47.2 Å². The highest BCUT2D eigenvalue weighted by Crippen LogP contribution is 2.40. The van der Waals surface area contributed by atoms with Gasteiger partial charge in [-0.05, 0) is 136 Å². The summed E-state index contributed by atoms with van der Waals surface area (Å²) in [4.78, 5) is 83.8. The molecule has 0 saturated heterocycles. The molecule has 2 aromatic rings. The first-order chi connectivity index (χ1) is 29.0. The Balaban J connectivity index is 2.84. The molecular weight excluding hydrogens is 1510 g/mol. The number of carbonyl (C=O) groups is 6. The van der Waals surface area contributed by atoms with Crippen LogP contribution in [0.25, 0.3) is 0 Å². The molecule has 0 heterocycles. The van der Waals surface area contributed by atoms with Crippen LogP contribution in [0.4, 0.5) is 11.4 Å². The number of rotatable bonds is 22. The van der Waals surface area contributed by atoms with Crippen LogP contribution in [0.1, 0.15) is 55.3 Å². The minimum Gasteiger partial charge on any atom is -0.394 e. The fourth-order valence-electron chi connectivity index (χ4n) is 5.26. The third kappa shape index (κ3) is 15.2. The maximum Gasteiger partial charge on any atom is 0.253 e. The van der Waals surface area contributed by atoms with Gasteiger partial charge < -0.3 is 77.0 Å². The Labute approximate surface area is 436 Å². The lowest BCUT2D eigenvalue weighted by Gasteiger charge is -2.32. The van der Waals surface area contributed by atoms with Crippen molar-refractivity contribution in [2.24, 2.45) is 0 Å². The van der Waals surface area contributed by atoms with E-state index in [1.165, 1.54) is 0 Å². The van der Waals surface area contributed by atoms with Gasteiger partial charge in [-0.25, -0.2) is 0 Å². The van der Waals surface area contributed by atoms with Gasteiger partial charge in [0.05, 0.1) is 118 Å². The maximum absolute atomic E-state index is 13.6. The van der Waals surface area contributed by atoms with E-state index in [-0.39, 0.29) is 81.2 Å². The van der Waals surface area contributed by atoms with E-state index in [0.29, 0.717) is 0 Å². The van der Waals surface area contributed by atoms with Crippen molar-refractivity contribution in [3.63, 3.8) is 0 Å². The number of benzene rings is 2. The van der Waals surface area contributed by atoms with Gasteiger partial charge in [0.15, 0.2) is 0 Å². The summed E-state index contributed by atoms with van der Waals surface area (Å²) in [5.41, 5.74) is -0.516. The second-order valence-corrected chi connectivity index (χ2v) is 19.7. The molecule has 2 aromatic carbocycles. The van der Waals surface area contributed by atoms with E-state index in [2.05, 4.69) is 21.3 Å². The number of aliphatic hydroxyl groups is 9. The van der Waals surface area contributed by atoms with Gasteiger partial charge in [0.2, 0.25) is 11.8 Å². The van der Waals surface area contributed by atoms with Crippen molar-refractivity contribution in [1.82, 2.24) is 21.3 Å². The first-order valence-electron chi connectivity index (χ1n) is 17.9. The molecule has 27 heteroatoms. The van der Waals surface area contributed by atoms with E-state index in [1.807, 2.05) is 0 Å². The van der Waals surface area contributed by atoms with Gasteiger partial charge in [-0.3, -0.25) is 28.8 Å². The second kappa shape index (κ2) is 27.2. The molecule has 62 heavy (non-hydrogen) atoms. The Hall–Kier alpha value is -0.720. The average Bonchev–Trinajstić information content (AvgIpc) is 3.21. The molecule has 0 bridgehead atoms. The summed E-state index contributed by atoms with van der Waals surface area (Å²) < 4.78 is 0.676. The zero-order valence-corrected chi connectivity index (χ0v) is 45.5. The van der Waals surface area contributed by atoms with E-state index in [0.717, 1.165) is 23.6 Å². The predicted molar refractivity (Wildman–Crippen MR) is 273 cm³/mol. The molecule has 0 unspecified atom stereocenters. The summed E-state index contributed by atoms with van der Waals surface area (Å²) in [6, 6.07) is 0. The number of carbonyl (C=O) groups excluding carboxylic acids is 6. The number of hydrogen-bond acceptors (Lipinski definition) is 15. The molecule has 0 radical (unpaired) electrons. The van der Waals surface area contributed by atoms with E-state index in [4.69, 9.17) is 0 Å². The SMILES string of the molecule is CC(=O)N(CC(O)CN(C(C)=O)c1c(I)c(C(=O)NC[C@H](O)CO)c(I)c(C(=O)NC[C@H](O)CO)c1I)c1c(I)c(C(=O)NC[C@H](O)CO)c(I)c(C(=O)NC[C@H](O)CO)c1I. The highest BCUT2D eigenvalue weighted by molar-refractivity contribution is 14.1. The highest BCUT2D eigenvalue weighted by Gasteiger charge is 2.35. The molecule has 21 nitrogen and oxygen atoms in total. The standard InChI is InChI=1S/C35H44I6N6O15/c1-13(52)46(30-26(38)20(32(59)42-3-15(54)9-48)24(36)21(27(30)39)33(60)43-4-16(55)10-49)7-19(58)8-47(14(2)53)31-28(40)22(34(61)44-5-17(56)11-50)25(37)23(29(31)41)35(62)45-6-18(57)12-51/h15-19,48-51,54-58H,3-12H2,1-2H3,(H,42,59)(H,43,60)(H,44,61)(H,45,62)/t15-,16-,17-,18-/m0/s1.